The third kappa shape index (κ3) is 5.42. The molecule has 2 aromatic carbocycles. The van der Waals surface area contributed by atoms with Crippen molar-refractivity contribution in [3.63, 3.8) is 0 Å². The third-order valence-corrected chi connectivity index (χ3v) is 4.25. The molecule has 0 spiro atoms. The molecule has 0 aliphatic rings. The summed E-state index contributed by atoms with van der Waals surface area (Å²) in [5.41, 5.74) is 2.22. The Morgan fingerprint density at radius 1 is 0.929 bits per heavy atom. The van der Waals surface area contributed by atoms with Crippen molar-refractivity contribution >= 4 is 52.5 Å². The fraction of sp³-hybridized carbons (Fsp3) is 0. The van der Waals surface area contributed by atoms with Crippen LogP contribution in [0, 0.1) is 0 Å². The van der Waals surface area contributed by atoms with Crippen molar-refractivity contribution in [1.29, 1.82) is 0 Å². The van der Waals surface area contributed by atoms with Crippen molar-refractivity contribution < 1.29 is 9.59 Å². The van der Waals surface area contributed by atoms with Gasteiger partial charge in [0.1, 0.15) is 0 Å². The van der Waals surface area contributed by atoms with Gasteiger partial charge >= 0.3 is 0 Å². The van der Waals surface area contributed by atoms with E-state index in [2.05, 4.69) is 15.6 Å². The number of hydrogen-bond acceptors (Lipinski definition) is 3. The lowest BCUT2D eigenvalue weighted by Gasteiger charge is -2.08. The number of carbonyl (C=O) groups excluding carboxylic acids is 2. The number of anilines is 2. The summed E-state index contributed by atoms with van der Waals surface area (Å²) in [6.45, 7) is 0. The van der Waals surface area contributed by atoms with E-state index in [0.717, 1.165) is 0 Å². The molecule has 0 fully saturated rings. The van der Waals surface area contributed by atoms with Crippen LogP contribution in [-0.4, -0.2) is 16.8 Å². The summed E-state index contributed by atoms with van der Waals surface area (Å²) in [6.07, 6.45) is 6.04. The molecule has 3 aromatic rings. The van der Waals surface area contributed by atoms with E-state index in [1.165, 1.54) is 12.3 Å². The van der Waals surface area contributed by atoms with Gasteiger partial charge in [0.25, 0.3) is 5.91 Å². The highest BCUT2D eigenvalue weighted by atomic mass is 35.5. The molecule has 5 nitrogen and oxygen atoms in total. The van der Waals surface area contributed by atoms with Gasteiger partial charge in [0, 0.05) is 39.9 Å². The highest BCUT2D eigenvalue weighted by molar-refractivity contribution is 6.35. The predicted octanol–water partition coefficient (Wildman–Crippen LogP) is 5.29. The Morgan fingerprint density at radius 2 is 1.71 bits per heavy atom. The van der Waals surface area contributed by atoms with Crippen LogP contribution in [0.4, 0.5) is 11.4 Å². The Hall–Kier alpha value is -3.15. The molecule has 1 heterocycles. The lowest BCUT2D eigenvalue weighted by molar-refractivity contribution is -0.111. The van der Waals surface area contributed by atoms with E-state index in [9.17, 15) is 9.59 Å². The van der Waals surface area contributed by atoms with Gasteiger partial charge in [-0.1, -0.05) is 35.3 Å². The van der Waals surface area contributed by atoms with E-state index in [1.807, 2.05) is 0 Å². The number of rotatable bonds is 5. The van der Waals surface area contributed by atoms with E-state index in [-0.39, 0.29) is 11.8 Å². The van der Waals surface area contributed by atoms with E-state index in [0.29, 0.717) is 32.5 Å². The van der Waals surface area contributed by atoms with Crippen molar-refractivity contribution in [2.24, 2.45) is 0 Å². The molecular weight excluding hydrogens is 397 g/mol. The van der Waals surface area contributed by atoms with E-state index >= 15 is 0 Å². The summed E-state index contributed by atoms with van der Waals surface area (Å²) in [6, 6.07) is 15.2. The molecule has 0 atom stereocenters. The van der Waals surface area contributed by atoms with Gasteiger partial charge in [0.2, 0.25) is 5.91 Å². The van der Waals surface area contributed by atoms with Crippen LogP contribution in [-0.2, 0) is 4.79 Å². The molecule has 0 saturated carbocycles. The molecule has 0 unspecified atom stereocenters. The second kappa shape index (κ2) is 9.17. The Morgan fingerprint density at radius 3 is 2.43 bits per heavy atom. The van der Waals surface area contributed by atoms with E-state index < -0.39 is 0 Å². The Bertz CT molecular complexity index is 1040. The lowest BCUT2D eigenvalue weighted by atomic mass is 10.2. The third-order valence-electron chi connectivity index (χ3n) is 3.69. The number of carbonyl (C=O) groups is 2. The van der Waals surface area contributed by atoms with Crippen molar-refractivity contribution in [3.05, 3.63) is 94.2 Å². The molecule has 0 aliphatic carbocycles. The first-order valence-corrected chi connectivity index (χ1v) is 9.02. The maximum atomic E-state index is 12.2. The van der Waals surface area contributed by atoms with Crippen molar-refractivity contribution in [3.8, 4) is 0 Å². The number of halogens is 2. The van der Waals surface area contributed by atoms with Crippen LogP contribution in [0.3, 0.4) is 0 Å². The molecule has 0 aliphatic heterocycles. The maximum absolute atomic E-state index is 12.2. The van der Waals surface area contributed by atoms with Gasteiger partial charge in [-0.05, 0) is 54.1 Å². The normalized spacial score (nSPS) is 10.6. The fourth-order valence-electron chi connectivity index (χ4n) is 2.36. The second-order valence-electron chi connectivity index (χ2n) is 5.77. The summed E-state index contributed by atoms with van der Waals surface area (Å²) in [7, 11) is 0. The molecule has 3 rings (SSSR count). The van der Waals surface area contributed by atoms with E-state index in [1.54, 1.807) is 66.9 Å². The van der Waals surface area contributed by atoms with Gasteiger partial charge in [-0.15, -0.1) is 0 Å². The summed E-state index contributed by atoms with van der Waals surface area (Å²) in [5.74, 6) is -0.615. The van der Waals surface area contributed by atoms with Crippen molar-refractivity contribution in [1.82, 2.24) is 4.98 Å². The van der Waals surface area contributed by atoms with Crippen molar-refractivity contribution in [2.75, 3.05) is 10.6 Å². The fourth-order valence-corrected chi connectivity index (χ4v) is 2.83. The smallest absolute Gasteiger partial charge is 0.257 e. The minimum atomic E-state index is -0.332. The Kier molecular flexibility index (Phi) is 6.42. The number of nitrogens with one attached hydrogen (secondary N) is 2. The molecule has 2 N–H and O–H groups in total. The molecule has 7 heteroatoms. The molecule has 2 amide bonds. The minimum absolute atomic E-state index is 0.283. The molecule has 0 bridgehead atoms. The van der Waals surface area contributed by atoms with Gasteiger partial charge in [-0.25, -0.2) is 0 Å². The van der Waals surface area contributed by atoms with Crippen molar-refractivity contribution in [2.45, 2.75) is 0 Å². The highest BCUT2D eigenvalue weighted by Crippen LogP contribution is 2.22. The number of amides is 2. The SMILES string of the molecule is O=C(/C=C/c1ccc(Cl)cc1Cl)Nc1cccc(NC(=O)c2cccnc2)c1. The average Bonchev–Trinajstić information content (AvgIpc) is 2.68. The molecule has 0 radical (unpaired) electrons. The number of hydrogen-bond donors (Lipinski definition) is 2. The molecule has 0 saturated heterocycles. The van der Waals surface area contributed by atoms with Gasteiger partial charge < -0.3 is 10.6 Å². The van der Waals surface area contributed by atoms with Crippen LogP contribution in [0.2, 0.25) is 10.0 Å². The minimum Gasteiger partial charge on any atom is -0.322 e. The maximum Gasteiger partial charge on any atom is 0.257 e. The molecular formula is C21H15Cl2N3O2. The topological polar surface area (TPSA) is 71.1 Å². The Balaban J connectivity index is 1.64. The summed E-state index contributed by atoms with van der Waals surface area (Å²) in [4.78, 5) is 28.3. The first-order valence-electron chi connectivity index (χ1n) is 8.27. The number of benzene rings is 2. The molecule has 140 valence electrons. The largest absolute Gasteiger partial charge is 0.322 e. The first kappa shape index (κ1) is 19.6. The van der Waals surface area contributed by atoms with Crippen LogP contribution in [0.25, 0.3) is 6.08 Å². The predicted molar refractivity (Wildman–Crippen MR) is 113 cm³/mol. The zero-order valence-electron chi connectivity index (χ0n) is 14.5. The summed E-state index contributed by atoms with van der Waals surface area (Å²) < 4.78 is 0. The monoisotopic (exact) mass is 411 g/mol. The van der Waals surface area contributed by atoms with E-state index in [4.69, 9.17) is 23.2 Å². The molecule has 28 heavy (non-hydrogen) atoms. The standard InChI is InChI=1S/C21H15Cl2N3O2/c22-16-8-6-14(19(23)11-16)7-9-20(27)25-17-4-1-5-18(12-17)26-21(28)15-3-2-10-24-13-15/h1-13H,(H,25,27)(H,26,28)/b9-7+. The van der Waals surface area contributed by atoms with Crippen LogP contribution < -0.4 is 10.6 Å². The number of nitrogens with zero attached hydrogens (tertiary/aromatic N) is 1. The summed E-state index contributed by atoms with van der Waals surface area (Å²) in [5, 5.41) is 6.48. The summed E-state index contributed by atoms with van der Waals surface area (Å²) >= 11 is 11.9. The van der Waals surface area contributed by atoms with Crippen LogP contribution in [0.5, 0.6) is 0 Å². The second-order valence-corrected chi connectivity index (χ2v) is 6.61. The van der Waals surface area contributed by atoms with Gasteiger partial charge in [-0.3, -0.25) is 14.6 Å². The zero-order chi connectivity index (χ0) is 19.9. The van der Waals surface area contributed by atoms with Gasteiger partial charge in [-0.2, -0.15) is 0 Å². The van der Waals surface area contributed by atoms with Gasteiger partial charge in [0.15, 0.2) is 0 Å². The lowest BCUT2D eigenvalue weighted by Crippen LogP contribution is -2.13. The zero-order valence-corrected chi connectivity index (χ0v) is 16.0. The van der Waals surface area contributed by atoms with Crippen LogP contribution in [0.15, 0.2) is 73.1 Å². The Labute approximate surface area is 172 Å². The quantitative estimate of drug-likeness (QED) is 0.560. The number of pyridine rings is 1. The first-order chi connectivity index (χ1) is 13.5. The highest BCUT2D eigenvalue weighted by Gasteiger charge is 2.07. The van der Waals surface area contributed by atoms with Crippen LogP contribution >= 0.6 is 23.2 Å². The van der Waals surface area contributed by atoms with Gasteiger partial charge in [0.05, 0.1) is 5.56 Å². The average molecular weight is 412 g/mol. The number of aromatic nitrogens is 1. The molecule has 1 aromatic heterocycles. The van der Waals surface area contributed by atoms with Crippen LogP contribution in [0.1, 0.15) is 15.9 Å².